The third-order valence-corrected chi connectivity index (χ3v) is 1.66. The van der Waals surface area contributed by atoms with Crippen LogP contribution >= 0.6 is 0 Å². The molecule has 0 saturated carbocycles. The average Bonchev–Trinajstić information content (AvgIpc) is 2.10. The number of carboxylic acids is 1. The van der Waals surface area contributed by atoms with Crippen LogP contribution in [0, 0.1) is 19.1 Å². The number of aryl methyl sites for hydroxylation is 1. The zero-order valence-electron chi connectivity index (χ0n) is 8.56. The van der Waals surface area contributed by atoms with Gasteiger partial charge in [-0.05, 0) is 0 Å². The van der Waals surface area contributed by atoms with Crippen LogP contribution in [-0.4, -0.2) is 23.8 Å². The minimum absolute atomic E-state index is 0. The van der Waals surface area contributed by atoms with Gasteiger partial charge in [0.15, 0.2) is 0 Å². The molecule has 0 unspecified atom stereocenters. The first kappa shape index (κ1) is 18.7. The molecule has 0 fully saturated rings. The predicted octanol–water partition coefficient (Wildman–Crippen LogP) is 0.123. The van der Waals surface area contributed by atoms with Crippen LogP contribution in [-0.2, 0) is 65.0 Å². The minimum atomic E-state index is -0.936. The second kappa shape index (κ2) is 9.35. The van der Waals surface area contributed by atoms with Crippen LogP contribution in [0.4, 0.5) is 0 Å². The molecule has 0 aliphatic heterocycles. The van der Waals surface area contributed by atoms with Crippen molar-refractivity contribution in [3.8, 4) is 5.75 Å². The fourth-order valence-corrected chi connectivity index (χ4v) is 0.984. The molecule has 1 aromatic rings. The molecular weight excluding hydrogens is 456 g/mol. The Morgan fingerprint density at radius 3 is 2.75 bits per heavy atom. The van der Waals surface area contributed by atoms with E-state index in [9.17, 15) is 4.79 Å². The Morgan fingerprint density at radius 1 is 1.62 bits per heavy atom. The summed E-state index contributed by atoms with van der Waals surface area (Å²) in [6.45, 7) is 1.76. The van der Waals surface area contributed by atoms with Crippen molar-refractivity contribution in [3.05, 3.63) is 29.3 Å². The molecule has 7 heteroatoms. The summed E-state index contributed by atoms with van der Waals surface area (Å²) in [6.07, 6.45) is -0.123. The Morgan fingerprint density at radius 2 is 2.25 bits per heavy atom. The molecule has 2 radical (unpaired) electrons. The number of rotatable bonds is 4. The summed E-state index contributed by atoms with van der Waals surface area (Å²) in [5, 5.41) is 16.9. The number of benzene rings is 1. The minimum Gasteiger partial charge on any atom is -0.584 e. The molecular formula is C9H8BO4WY-2. The molecule has 0 aromatic heterocycles. The number of carboxylic acid groups (broad SMARTS) is 1. The van der Waals surface area contributed by atoms with Crippen molar-refractivity contribution >= 4 is 13.7 Å². The average molecular weight is 464 g/mol. The largest absolute Gasteiger partial charge is 0.584 e. The van der Waals surface area contributed by atoms with Crippen molar-refractivity contribution in [2.24, 2.45) is 0 Å². The predicted molar refractivity (Wildman–Crippen MR) is 48.8 cm³/mol. The molecule has 16 heavy (non-hydrogen) atoms. The molecule has 0 aliphatic rings. The van der Waals surface area contributed by atoms with Gasteiger partial charge < -0.3 is 26.9 Å². The van der Waals surface area contributed by atoms with Gasteiger partial charge >= 0.3 is 13.7 Å². The summed E-state index contributed by atoms with van der Waals surface area (Å²) < 4.78 is 4.61. The second-order valence-electron chi connectivity index (χ2n) is 2.70. The Labute approximate surface area is 134 Å². The van der Waals surface area contributed by atoms with E-state index in [-0.39, 0.29) is 65.9 Å². The Bertz CT molecular complexity index is 348. The molecule has 0 heterocycles. The van der Waals surface area contributed by atoms with E-state index in [2.05, 4.69) is 16.8 Å². The van der Waals surface area contributed by atoms with Crippen LogP contribution in [0.1, 0.15) is 11.1 Å². The summed E-state index contributed by atoms with van der Waals surface area (Å²) in [4.78, 5) is 10.5. The Balaban J connectivity index is 0. The molecule has 0 bridgehead atoms. The molecule has 0 spiro atoms. The first-order chi connectivity index (χ1) is 6.63. The monoisotopic (exact) mass is 464 g/mol. The smallest absolute Gasteiger partial charge is 0.565 e. The zero-order valence-corrected chi connectivity index (χ0v) is 14.3. The van der Waals surface area contributed by atoms with Crippen molar-refractivity contribution in [3.63, 3.8) is 0 Å². The van der Waals surface area contributed by atoms with Gasteiger partial charge in [0.05, 0.1) is 0 Å². The summed E-state index contributed by atoms with van der Waals surface area (Å²) in [5.41, 5.74) is 1.30. The van der Waals surface area contributed by atoms with Crippen molar-refractivity contribution in [2.75, 3.05) is 0 Å². The van der Waals surface area contributed by atoms with Gasteiger partial charge in [-0.2, -0.15) is 0 Å². The van der Waals surface area contributed by atoms with Gasteiger partial charge in [-0.15, -0.1) is 12.7 Å². The maximum Gasteiger partial charge on any atom is 0.565 e. The topological polar surface area (TPSA) is 66.8 Å². The number of hydrogen-bond acceptors (Lipinski definition) is 3. The van der Waals surface area contributed by atoms with E-state index in [1.54, 1.807) is 13.0 Å². The fraction of sp³-hybridized carbons (Fsp3) is 0.222. The summed E-state index contributed by atoms with van der Waals surface area (Å²) in [7, 11) is 0.502. The van der Waals surface area contributed by atoms with E-state index in [4.69, 9.17) is 10.1 Å². The molecule has 0 atom stereocenters. The van der Waals surface area contributed by atoms with E-state index in [1.807, 2.05) is 0 Å². The van der Waals surface area contributed by atoms with Gasteiger partial charge in [0.2, 0.25) is 0 Å². The van der Waals surface area contributed by atoms with Gasteiger partial charge in [-0.25, -0.2) is 0 Å². The normalized spacial score (nSPS) is 8.38. The van der Waals surface area contributed by atoms with Crippen LogP contribution in [0.25, 0.3) is 0 Å². The molecule has 0 amide bonds. The zero-order chi connectivity index (χ0) is 10.6. The van der Waals surface area contributed by atoms with Crippen molar-refractivity contribution in [1.29, 1.82) is 0 Å². The number of aliphatic carboxylic acids is 1. The van der Waals surface area contributed by atoms with Gasteiger partial charge in [0.1, 0.15) is 0 Å². The number of carbonyl (C=O) groups is 1. The molecule has 2 N–H and O–H groups in total. The molecule has 0 saturated heterocycles. The van der Waals surface area contributed by atoms with E-state index < -0.39 is 5.97 Å². The van der Waals surface area contributed by atoms with Gasteiger partial charge in [0, 0.05) is 60.2 Å². The standard InChI is InChI=1S/C9H8BO4.W.Y/c1-6-2-3-8(14-10-13)4-7(6)5-9(11)12;;/h2,13H,5H2,1H3,(H,11,12);;/q-2;;. The van der Waals surface area contributed by atoms with E-state index >= 15 is 0 Å². The van der Waals surface area contributed by atoms with Crippen molar-refractivity contribution in [1.82, 2.24) is 0 Å². The molecule has 1 rings (SSSR count). The third-order valence-electron chi connectivity index (χ3n) is 1.66. The quantitative estimate of drug-likeness (QED) is 0.492. The van der Waals surface area contributed by atoms with Gasteiger partial charge in [0.25, 0.3) is 0 Å². The summed E-state index contributed by atoms with van der Waals surface area (Å²) >= 11 is 0. The summed E-state index contributed by atoms with van der Waals surface area (Å²) in [5.74, 6) is -0.760. The van der Waals surface area contributed by atoms with E-state index in [0.29, 0.717) is 13.2 Å². The van der Waals surface area contributed by atoms with Crippen molar-refractivity contribution < 1.29 is 73.4 Å². The molecule has 82 valence electrons. The SMILES string of the molecule is Cc1c[c-]c(O[B]O)[c-]c1CC(=O)O.[W].[Y]. The van der Waals surface area contributed by atoms with Crippen LogP contribution in [0.15, 0.2) is 6.07 Å². The number of hydrogen-bond donors (Lipinski definition) is 2. The molecule has 4 nitrogen and oxygen atoms in total. The van der Waals surface area contributed by atoms with Crippen LogP contribution in [0.2, 0.25) is 0 Å². The molecule has 1 aromatic carbocycles. The Hall–Kier alpha value is 0.307. The van der Waals surface area contributed by atoms with Crippen LogP contribution < -0.4 is 4.65 Å². The van der Waals surface area contributed by atoms with Crippen LogP contribution in [0.5, 0.6) is 5.75 Å². The van der Waals surface area contributed by atoms with Gasteiger partial charge in [-0.1, -0.05) is 0 Å². The van der Waals surface area contributed by atoms with E-state index in [1.165, 1.54) is 0 Å². The maximum absolute atomic E-state index is 10.5. The second-order valence-corrected chi connectivity index (χ2v) is 2.70. The maximum atomic E-state index is 10.5. The van der Waals surface area contributed by atoms with Crippen molar-refractivity contribution in [2.45, 2.75) is 13.3 Å². The molecule has 0 aliphatic carbocycles. The van der Waals surface area contributed by atoms with E-state index in [0.717, 1.165) is 5.56 Å². The fourth-order valence-electron chi connectivity index (χ4n) is 0.984. The third kappa shape index (κ3) is 6.14. The van der Waals surface area contributed by atoms with Crippen LogP contribution in [0.3, 0.4) is 0 Å². The van der Waals surface area contributed by atoms with Gasteiger partial charge in [-0.3, -0.25) is 22.0 Å². The summed E-state index contributed by atoms with van der Waals surface area (Å²) in [6, 6.07) is 6.98. The first-order valence-electron chi connectivity index (χ1n) is 3.91. The Kier molecular flexibility index (Phi) is 10.9. The first-order valence-corrected chi connectivity index (χ1v) is 3.91.